The number of carbonyl (C=O) groups excluding carboxylic acids is 1. The van der Waals surface area contributed by atoms with E-state index in [1.807, 2.05) is 36.4 Å². The second kappa shape index (κ2) is 8.19. The molecule has 7 heteroatoms. The Balaban J connectivity index is 1.84. The molecule has 2 aromatic rings. The Morgan fingerprint density at radius 3 is 2.52 bits per heavy atom. The van der Waals surface area contributed by atoms with Crippen LogP contribution in [0.5, 0.6) is 5.75 Å². The number of nitrogens with one attached hydrogen (secondary N) is 2. The molecule has 2 rings (SSSR count). The van der Waals surface area contributed by atoms with Crippen LogP contribution in [0.4, 0.5) is 4.79 Å². The number of rotatable bonds is 7. The van der Waals surface area contributed by atoms with Gasteiger partial charge < -0.3 is 20.5 Å². The molecule has 0 saturated heterocycles. The standard InChI is InChI=1S/C16H18N2O4S/c1-22-12-4-2-11(3-5-12)14-7-6-13(23-14)10-18-16(21)17-9-8-15(19)20/h2-7H,8-10H2,1H3,(H,19,20)(H2,17,18,21). The molecule has 0 fully saturated rings. The molecule has 0 saturated carbocycles. The molecule has 1 aromatic heterocycles. The first kappa shape index (κ1) is 16.8. The van der Waals surface area contributed by atoms with E-state index in [1.165, 1.54) is 0 Å². The number of thiophene rings is 1. The van der Waals surface area contributed by atoms with E-state index in [4.69, 9.17) is 9.84 Å². The second-order valence-electron chi connectivity index (χ2n) is 4.75. The van der Waals surface area contributed by atoms with Crippen molar-refractivity contribution in [1.29, 1.82) is 0 Å². The van der Waals surface area contributed by atoms with Gasteiger partial charge >= 0.3 is 12.0 Å². The highest BCUT2D eigenvalue weighted by Gasteiger charge is 2.06. The molecule has 3 N–H and O–H groups in total. The van der Waals surface area contributed by atoms with Crippen molar-refractivity contribution in [3.05, 3.63) is 41.3 Å². The largest absolute Gasteiger partial charge is 0.497 e. The lowest BCUT2D eigenvalue weighted by Gasteiger charge is -2.05. The molecule has 1 aromatic carbocycles. The third-order valence-corrected chi connectivity index (χ3v) is 4.22. The highest BCUT2D eigenvalue weighted by molar-refractivity contribution is 7.15. The predicted molar refractivity (Wildman–Crippen MR) is 88.8 cm³/mol. The lowest BCUT2D eigenvalue weighted by Crippen LogP contribution is -2.36. The van der Waals surface area contributed by atoms with Crippen LogP contribution < -0.4 is 15.4 Å². The normalized spacial score (nSPS) is 10.1. The molecule has 1 heterocycles. The van der Waals surface area contributed by atoms with E-state index in [2.05, 4.69) is 10.6 Å². The molecule has 122 valence electrons. The summed E-state index contributed by atoms with van der Waals surface area (Å²) in [5.74, 6) is -0.127. The monoisotopic (exact) mass is 334 g/mol. The van der Waals surface area contributed by atoms with Crippen LogP contribution in [0.15, 0.2) is 36.4 Å². The maximum absolute atomic E-state index is 11.5. The Bertz CT molecular complexity index is 667. The number of hydrogen-bond donors (Lipinski definition) is 3. The van der Waals surface area contributed by atoms with Crippen molar-refractivity contribution in [2.75, 3.05) is 13.7 Å². The van der Waals surface area contributed by atoms with Crippen molar-refractivity contribution >= 4 is 23.3 Å². The number of hydrogen-bond acceptors (Lipinski definition) is 4. The van der Waals surface area contributed by atoms with E-state index in [0.717, 1.165) is 21.1 Å². The zero-order valence-electron chi connectivity index (χ0n) is 12.7. The van der Waals surface area contributed by atoms with Gasteiger partial charge in [-0.05, 0) is 42.0 Å². The summed E-state index contributed by atoms with van der Waals surface area (Å²) < 4.78 is 5.13. The van der Waals surface area contributed by atoms with Crippen LogP contribution in [-0.2, 0) is 11.3 Å². The minimum Gasteiger partial charge on any atom is -0.497 e. The van der Waals surface area contributed by atoms with Crippen LogP contribution in [0.25, 0.3) is 10.4 Å². The minimum absolute atomic E-state index is 0.0892. The lowest BCUT2D eigenvalue weighted by molar-refractivity contribution is -0.136. The number of amides is 2. The van der Waals surface area contributed by atoms with Crippen molar-refractivity contribution < 1.29 is 19.4 Å². The first-order valence-electron chi connectivity index (χ1n) is 7.05. The summed E-state index contributed by atoms with van der Waals surface area (Å²) in [5.41, 5.74) is 1.09. The van der Waals surface area contributed by atoms with Gasteiger partial charge in [0.15, 0.2) is 0 Å². The van der Waals surface area contributed by atoms with Crippen LogP contribution >= 0.6 is 11.3 Å². The van der Waals surface area contributed by atoms with E-state index < -0.39 is 5.97 Å². The van der Waals surface area contributed by atoms with Crippen molar-refractivity contribution in [2.45, 2.75) is 13.0 Å². The molecule has 0 radical (unpaired) electrons. The van der Waals surface area contributed by atoms with Crippen LogP contribution in [0, 0.1) is 0 Å². The molecule has 0 bridgehead atoms. The summed E-state index contributed by atoms with van der Waals surface area (Å²) in [6.07, 6.45) is -0.0892. The Kier molecular flexibility index (Phi) is 5.99. The van der Waals surface area contributed by atoms with Gasteiger partial charge in [0.05, 0.1) is 20.1 Å². The predicted octanol–water partition coefficient (Wildman–Crippen LogP) is 2.70. The number of urea groups is 1. The minimum atomic E-state index is -0.937. The van der Waals surface area contributed by atoms with Crippen molar-refractivity contribution in [2.24, 2.45) is 0 Å². The van der Waals surface area contributed by atoms with Crippen LogP contribution in [-0.4, -0.2) is 30.8 Å². The summed E-state index contributed by atoms with van der Waals surface area (Å²) in [6, 6.07) is 11.4. The number of carboxylic acids is 1. The zero-order chi connectivity index (χ0) is 16.7. The van der Waals surface area contributed by atoms with E-state index in [9.17, 15) is 9.59 Å². The SMILES string of the molecule is COc1ccc(-c2ccc(CNC(=O)NCCC(=O)O)s2)cc1. The maximum atomic E-state index is 11.5. The van der Waals surface area contributed by atoms with Gasteiger partial charge in [0.2, 0.25) is 0 Å². The third kappa shape index (κ3) is 5.30. The summed E-state index contributed by atoms with van der Waals surface area (Å²) in [5, 5.41) is 13.7. The number of benzene rings is 1. The zero-order valence-corrected chi connectivity index (χ0v) is 13.5. The molecule has 0 atom stereocenters. The molecule has 0 aliphatic rings. The molecule has 0 unspecified atom stereocenters. The molecular formula is C16H18N2O4S. The Morgan fingerprint density at radius 1 is 1.13 bits per heavy atom. The summed E-state index contributed by atoms with van der Waals surface area (Å²) in [7, 11) is 1.63. The Hall–Kier alpha value is -2.54. The summed E-state index contributed by atoms with van der Waals surface area (Å²) >= 11 is 1.59. The smallest absolute Gasteiger partial charge is 0.315 e. The molecular weight excluding hydrogens is 316 g/mol. The van der Waals surface area contributed by atoms with Gasteiger partial charge in [-0.2, -0.15) is 0 Å². The molecule has 23 heavy (non-hydrogen) atoms. The van der Waals surface area contributed by atoms with Crippen molar-refractivity contribution in [1.82, 2.24) is 10.6 Å². The number of methoxy groups -OCH3 is 1. The highest BCUT2D eigenvalue weighted by Crippen LogP contribution is 2.29. The fraction of sp³-hybridized carbons (Fsp3) is 0.250. The molecule has 2 amide bonds. The maximum Gasteiger partial charge on any atom is 0.315 e. The van der Waals surface area contributed by atoms with Crippen LogP contribution in [0.3, 0.4) is 0 Å². The Labute approximate surface area is 138 Å². The number of aliphatic carboxylic acids is 1. The molecule has 6 nitrogen and oxygen atoms in total. The molecule has 0 aliphatic carbocycles. The first-order valence-corrected chi connectivity index (χ1v) is 7.87. The average Bonchev–Trinajstić information content (AvgIpc) is 3.01. The third-order valence-electron chi connectivity index (χ3n) is 3.08. The summed E-state index contributed by atoms with van der Waals surface area (Å²) in [6.45, 7) is 0.516. The molecule has 0 aliphatic heterocycles. The second-order valence-corrected chi connectivity index (χ2v) is 5.92. The lowest BCUT2D eigenvalue weighted by atomic mass is 10.2. The van der Waals surface area contributed by atoms with Crippen molar-refractivity contribution in [3.63, 3.8) is 0 Å². The van der Waals surface area contributed by atoms with Gasteiger partial charge in [0, 0.05) is 16.3 Å². The Morgan fingerprint density at radius 2 is 1.87 bits per heavy atom. The van der Waals surface area contributed by atoms with Crippen LogP contribution in [0.2, 0.25) is 0 Å². The van der Waals surface area contributed by atoms with Crippen LogP contribution in [0.1, 0.15) is 11.3 Å². The van der Waals surface area contributed by atoms with Gasteiger partial charge in [-0.3, -0.25) is 4.79 Å². The van der Waals surface area contributed by atoms with E-state index in [-0.39, 0.29) is 19.0 Å². The van der Waals surface area contributed by atoms with E-state index in [1.54, 1.807) is 18.4 Å². The number of ether oxygens (including phenoxy) is 1. The highest BCUT2D eigenvalue weighted by atomic mass is 32.1. The topological polar surface area (TPSA) is 87.7 Å². The van der Waals surface area contributed by atoms with E-state index >= 15 is 0 Å². The number of carboxylic acid groups (broad SMARTS) is 1. The fourth-order valence-corrected chi connectivity index (χ4v) is 2.85. The van der Waals surface area contributed by atoms with Gasteiger partial charge in [0.25, 0.3) is 0 Å². The fourth-order valence-electron chi connectivity index (χ4n) is 1.90. The molecule has 0 spiro atoms. The number of carbonyl (C=O) groups is 2. The van der Waals surface area contributed by atoms with Gasteiger partial charge in [-0.25, -0.2) is 4.79 Å². The van der Waals surface area contributed by atoms with Gasteiger partial charge in [-0.1, -0.05) is 0 Å². The van der Waals surface area contributed by atoms with Gasteiger partial charge in [0.1, 0.15) is 5.75 Å². The van der Waals surface area contributed by atoms with E-state index in [0.29, 0.717) is 6.54 Å². The first-order chi connectivity index (χ1) is 11.1. The summed E-state index contributed by atoms with van der Waals surface area (Å²) in [4.78, 5) is 24.0. The van der Waals surface area contributed by atoms with Crippen molar-refractivity contribution in [3.8, 4) is 16.2 Å². The average molecular weight is 334 g/mol. The van der Waals surface area contributed by atoms with Gasteiger partial charge in [-0.15, -0.1) is 11.3 Å². The quantitative estimate of drug-likeness (QED) is 0.726.